The molecule has 0 bridgehead atoms. The minimum Gasteiger partial charge on any atom is -0.478 e. The van der Waals surface area contributed by atoms with Crippen LogP contribution in [-0.2, 0) is 0 Å². The second kappa shape index (κ2) is 3.02. The number of aromatic amines is 1. The number of hydrogen-bond acceptors (Lipinski definition) is 3. The lowest BCUT2D eigenvalue weighted by atomic mass is 10.1. The molecule has 0 unspecified atom stereocenters. The van der Waals surface area contributed by atoms with E-state index in [-0.39, 0.29) is 5.56 Å². The Hall–Kier alpha value is -2.04. The van der Waals surface area contributed by atoms with Crippen molar-refractivity contribution in [2.45, 2.75) is 0 Å². The zero-order valence-electron chi connectivity index (χ0n) is 7.53. The predicted molar refractivity (Wildman–Crippen MR) is 52.6 cm³/mol. The van der Waals surface area contributed by atoms with Gasteiger partial charge in [0.1, 0.15) is 0 Å². The minimum absolute atomic E-state index is 0.240. The Morgan fingerprint density at radius 2 is 2.36 bits per heavy atom. The molecule has 0 aliphatic heterocycles. The van der Waals surface area contributed by atoms with E-state index in [9.17, 15) is 4.79 Å². The van der Waals surface area contributed by atoms with Crippen molar-refractivity contribution in [1.82, 2.24) is 10.2 Å². The Kier molecular flexibility index (Phi) is 1.85. The van der Waals surface area contributed by atoms with Gasteiger partial charge in [0.2, 0.25) is 0 Å². The third-order valence-corrected chi connectivity index (χ3v) is 2.08. The van der Waals surface area contributed by atoms with E-state index in [1.807, 2.05) is 0 Å². The van der Waals surface area contributed by atoms with Gasteiger partial charge in [-0.15, -0.1) is 0 Å². The summed E-state index contributed by atoms with van der Waals surface area (Å²) >= 11 is 0. The molecule has 72 valence electrons. The van der Waals surface area contributed by atoms with Gasteiger partial charge in [-0.2, -0.15) is 5.10 Å². The molecule has 0 saturated carbocycles. The fraction of sp³-hybridized carbons (Fsp3) is 0.111. The van der Waals surface area contributed by atoms with Gasteiger partial charge in [0.15, 0.2) is 0 Å². The second-order valence-corrected chi connectivity index (χ2v) is 2.91. The summed E-state index contributed by atoms with van der Waals surface area (Å²) in [5.74, 6) is -0.953. The largest absolute Gasteiger partial charge is 0.478 e. The Balaban J connectivity index is 2.72. The molecular formula is C9H9N3O2. The van der Waals surface area contributed by atoms with E-state index in [0.717, 1.165) is 10.9 Å². The van der Waals surface area contributed by atoms with Crippen LogP contribution < -0.4 is 5.32 Å². The highest BCUT2D eigenvalue weighted by molar-refractivity contribution is 5.99. The van der Waals surface area contributed by atoms with Crippen LogP contribution >= 0.6 is 0 Å². The lowest BCUT2D eigenvalue weighted by Crippen LogP contribution is -2.02. The number of nitrogens with zero attached hydrogens (tertiary/aromatic N) is 1. The number of aromatic nitrogens is 2. The van der Waals surface area contributed by atoms with Crippen LogP contribution in [0.3, 0.4) is 0 Å². The Morgan fingerprint density at radius 3 is 3.00 bits per heavy atom. The summed E-state index contributed by atoms with van der Waals surface area (Å²) in [6.45, 7) is 0. The first-order valence-electron chi connectivity index (χ1n) is 4.10. The standard InChI is InChI=1S/C9H9N3O2/c1-10-8-2-5-4-11-12-7(5)3-6(8)9(13)14/h2-4,10H,1H3,(H,11,12)(H,13,14). The molecule has 14 heavy (non-hydrogen) atoms. The number of anilines is 1. The Bertz CT molecular complexity index is 490. The number of fused-ring (bicyclic) bond motifs is 1. The molecule has 0 fully saturated rings. The summed E-state index contributed by atoms with van der Waals surface area (Å²) in [5.41, 5.74) is 1.55. The lowest BCUT2D eigenvalue weighted by Gasteiger charge is -2.04. The van der Waals surface area contributed by atoms with Crippen LogP contribution in [0.25, 0.3) is 10.9 Å². The quantitative estimate of drug-likeness (QED) is 0.668. The van der Waals surface area contributed by atoms with E-state index >= 15 is 0 Å². The first kappa shape index (κ1) is 8.55. The molecule has 0 saturated heterocycles. The maximum atomic E-state index is 10.9. The smallest absolute Gasteiger partial charge is 0.337 e. The molecule has 5 heteroatoms. The molecule has 0 radical (unpaired) electrons. The minimum atomic E-state index is -0.953. The van der Waals surface area contributed by atoms with E-state index in [0.29, 0.717) is 5.69 Å². The molecular weight excluding hydrogens is 182 g/mol. The number of rotatable bonds is 2. The summed E-state index contributed by atoms with van der Waals surface area (Å²) in [5, 5.41) is 19.2. The van der Waals surface area contributed by atoms with Gasteiger partial charge in [-0.1, -0.05) is 0 Å². The van der Waals surface area contributed by atoms with Crippen LogP contribution in [0.15, 0.2) is 18.3 Å². The Morgan fingerprint density at radius 1 is 1.57 bits per heavy atom. The first-order chi connectivity index (χ1) is 6.72. The monoisotopic (exact) mass is 191 g/mol. The number of aromatic carboxylic acids is 1. The molecule has 2 rings (SSSR count). The molecule has 2 aromatic rings. The highest BCUT2D eigenvalue weighted by atomic mass is 16.4. The Labute approximate surface area is 79.7 Å². The zero-order valence-corrected chi connectivity index (χ0v) is 7.53. The van der Waals surface area contributed by atoms with E-state index in [4.69, 9.17) is 5.11 Å². The van der Waals surface area contributed by atoms with Gasteiger partial charge in [-0.05, 0) is 12.1 Å². The van der Waals surface area contributed by atoms with Crippen molar-refractivity contribution in [1.29, 1.82) is 0 Å². The highest BCUT2D eigenvalue weighted by Crippen LogP contribution is 2.22. The van der Waals surface area contributed by atoms with Gasteiger partial charge in [-0.25, -0.2) is 4.79 Å². The zero-order chi connectivity index (χ0) is 10.1. The summed E-state index contributed by atoms with van der Waals surface area (Å²) in [4.78, 5) is 10.9. The summed E-state index contributed by atoms with van der Waals surface area (Å²) in [6, 6.07) is 3.32. The van der Waals surface area contributed by atoms with Gasteiger partial charge >= 0.3 is 5.97 Å². The maximum absolute atomic E-state index is 10.9. The molecule has 5 nitrogen and oxygen atoms in total. The van der Waals surface area contributed by atoms with Crippen LogP contribution in [0.2, 0.25) is 0 Å². The number of H-pyrrole nitrogens is 1. The summed E-state index contributed by atoms with van der Waals surface area (Å²) in [6.07, 6.45) is 1.65. The average Bonchev–Trinajstić information content (AvgIpc) is 2.62. The second-order valence-electron chi connectivity index (χ2n) is 2.91. The predicted octanol–water partition coefficient (Wildman–Crippen LogP) is 1.30. The van der Waals surface area contributed by atoms with Crippen LogP contribution in [0.4, 0.5) is 5.69 Å². The molecule has 1 aromatic carbocycles. The van der Waals surface area contributed by atoms with Crippen molar-refractivity contribution in [3.63, 3.8) is 0 Å². The van der Waals surface area contributed by atoms with Crippen molar-refractivity contribution in [2.75, 3.05) is 12.4 Å². The van der Waals surface area contributed by atoms with Crippen LogP contribution in [-0.4, -0.2) is 28.3 Å². The molecule has 1 aromatic heterocycles. The van der Waals surface area contributed by atoms with Crippen LogP contribution in [0.5, 0.6) is 0 Å². The molecule has 0 aliphatic carbocycles. The normalized spacial score (nSPS) is 10.4. The average molecular weight is 191 g/mol. The first-order valence-corrected chi connectivity index (χ1v) is 4.10. The summed E-state index contributed by atoms with van der Waals surface area (Å²) in [7, 11) is 1.69. The van der Waals surface area contributed by atoms with Crippen molar-refractivity contribution < 1.29 is 9.90 Å². The fourth-order valence-electron chi connectivity index (χ4n) is 1.38. The lowest BCUT2D eigenvalue weighted by molar-refractivity contribution is 0.0698. The molecule has 3 N–H and O–H groups in total. The van der Waals surface area contributed by atoms with Gasteiger partial charge < -0.3 is 10.4 Å². The van der Waals surface area contributed by atoms with Gasteiger partial charge in [0, 0.05) is 18.1 Å². The fourth-order valence-corrected chi connectivity index (χ4v) is 1.38. The van der Waals surface area contributed by atoms with Crippen molar-refractivity contribution in [3.8, 4) is 0 Å². The van der Waals surface area contributed by atoms with Crippen LogP contribution in [0.1, 0.15) is 10.4 Å². The van der Waals surface area contributed by atoms with E-state index in [1.54, 1.807) is 25.4 Å². The molecule has 1 heterocycles. The molecule has 0 aliphatic rings. The SMILES string of the molecule is CNc1cc2cn[nH]c2cc1C(=O)O. The number of benzene rings is 1. The maximum Gasteiger partial charge on any atom is 0.337 e. The number of hydrogen-bond donors (Lipinski definition) is 3. The van der Waals surface area contributed by atoms with Crippen molar-refractivity contribution >= 4 is 22.6 Å². The summed E-state index contributed by atoms with van der Waals surface area (Å²) < 4.78 is 0. The van der Waals surface area contributed by atoms with Gasteiger partial charge in [0.25, 0.3) is 0 Å². The van der Waals surface area contributed by atoms with Gasteiger partial charge in [-0.3, -0.25) is 5.10 Å². The van der Waals surface area contributed by atoms with E-state index in [1.165, 1.54) is 0 Å². The number of carboxylic acids is 1. The third-order valence-electron chi connectivity index (χ3n) is 2.08. The van der Waals surface area contributed by atoms with E-state index in [2.05, 4.69) is 15.5 Å². The molecule has 0 atom stereocenters. The third kappa shape index (κ3) is 1.19. The number of carboxylic acid groups (broad SMARTS) is 1. The van der Waals surface area contributed by atoms with Crippen LogP contribution in [0, 0.1) is 0 Å². The number of carbonyl (C=O) groups is 1. The van der Waals surface area contributed by atoms with Crippen molar-refractivity contribution in [2.24, 2.45) is 0 Å². The van der Waals surface area contributed by atoms with Crippen molar-refractivity contribution in [3.05, 3.63) is 23.9 Å². The molecule has 0 spiro atoms. The van der Waals surface area contributed by atoms with Gasteiger partial charge in [0.05, 0.1) is 17.3 Å². The highest BCUT2D eigenvalue weighted by Gasteiger charge is 2.10. The number of nitrogens with one attached hydrogen (secondary N) is 2. The van der Waals surface area contributed by atoms with E-state index < -0.39 is 5.97 Å². The topological polar surface area (TPSA) is 78.0 Å². The molecule has 0 amide bonds.